The van der Waals surface area contributed by atoms with Crippen LogP contribution < -0.4 is 5.32 Å². The highest BCUT2D eigenvalue weighted by atomic mass is 127. The van der Waals surface area contributed by atoms with Gasteiger partial charge >= 0.3 is 0 Å². The molecule has 0 bridgehead atoms. The van der Waals surface area contributed by atoms with E-state index in [1.165, 1.54) is 12.8 Å². The van der Waals surface area contributed by atoms with Gasteiger partial charge in [0.25, 0.3) is 0 Å². The molecular formula is C20H33BrIN3O3. The molecule has 3 rings (SSSR count). The molecule has 160 valence electrons. The van der Waals surface area contributed by atoms with Gasteiger partial charge in [0.2, 0.25) is 0 Å². The van der Waals surface area contributed by atoms with Crippen molar-refractivity contribution in [3.05, 3.63) is 22.6 Å². The first-order valence-electron chi connectivity index (χ1n) is 10.2. The summed E-state index contributed by atoms with van der Waals surface area (Å²) in [4.78, 5) is 7.13. The second-order valence-electron chi connectivity index (χ2n) is 7.20. The van der Waals surface area contributed by atoms with Crippen LogP contribution in [0.1, 0.15) is 44.8 Å². The number of aliphatic imine (C=N–C) groups is 1. The molecule has 2 saturated heterocycles. The number of furan rings is 1. The summed E-state index contributed by atoms with van der Waals surface area (Å²) in [5.74, 6) is 1.95. The van der Waals surface area contributed by atoms with Gasteiger partial charge in [0.15, 0.2) is 10.6 Å². The van der Waals surface area contributed by atoms with Crippen molar-refractivity contribution in [3.63, 3.8) is 0 Å². The van der Waals surface area contributed by atoms with E-state index >= 15 is 0 Å². The van der Waals surface area contributed by atoms with Crippen LogP contribution in [0.3, 0.4) is 0 Å². The number of hydrogen-bond acceptors (Lipinski definition) is 4. The van der Waals surface area contributed by atoms with Crippen LogP contribution in [0.15, 0.2) is 26.2 Å². The van der Waals surface area contributed by atoms with Gasteiger partial charge in [0, 0.05) is 39.2 Å². The second kappa shape index (κ2) is 13.1. The number of nitrogens with one attached hydrogen (secondary N) is 1. The Labute approximate surface area is 193 Å². The maximum atomic E-state index is 6.12. The Bertz CT molecular complexity index is 585. The van der Waals surface area contributed by atoms with Crippen LogP contribution >= 0.6 is 39.9 Å². The number of ether oxygens (including phenoxy) is 2. The fraction of sp³-hybridized carbons (Fsp3) is 0.750. The Morgan fingerprint density at radius 3 is 2.75 bits per heavy atom. The normalized spacial score (nSPS) is 21.4. The Kier molecular flexibility index (Phi) is 11.2. The van der Waals surface area contributed by atoms with Crippen LogP contribution in [0.2, 0.25) is 0 Å². The zero-order valence-electron chi connectivity index (χ0n) is 16.7. The van der Waals surface area contributed by atoms with Crippen molar-refractivity contribution in [1.82, 2.24) is 10.2 Å². The largest absolute Gasteiger partial charge is 0.454 e. The molecule has 1 unspecified atom stereocenters. The highest BCUT2D eigenvalue weighted by Gasteiger charge is 2.23. The molecule has 1 aromatic heterocycles. The van der Waals surface area contributed by atoms with E-state index in [1.807, 2.05) is 12.1 Å². The third-order valence-corrected chi connectivity index (χ3v) is 5.54. The summed E-state index contributed by atoms with van der Waals surface area (Å²) in [5.41, 5.74) is 0. The molecule has 0 aliphatic carbocycles. The van der Waals surface area contributed by atoms with Crippen molar-refractivity contribution < 1.29 is 13.9 Å². The average Bonchev–Trinajstić information content (AvgIpc) is 3.12. The van der Waals surface area contributed by atoms with Crippen LogP contribution in [-0.4, -0.2) is 62.5 Å². The molecule has 8 heteroatoms. The second-order valence-corrected chi connectivity index (χ2v) is 7.98. The van der Waals surface area contributed by atoms with Gasteiger partial charge in [0.1, 0.15) is 5.76 Å². The minimum Gasteiger partial charge on any atom is -0.454 e. The van der Waals surface area contributed by atoms with Gasteiger partial charge < -0.3 is 24.1 Å². The minimum absolute atomic E-state index is 0. The van der Waals surface area contributed by atoms with E-state index in [0.717, 1.165) is 81.5 Å². The lowest BCUT2D eigenvalue weighted by Crippen LogP contribution is -2.47. The van der Waals surface area contributed by atoms with E-state index < -0.39 is 0 Å². The number of likely N-dealkylation sites (tertiary alicyclic amines) is 1. The molecule has 0 aromatic carbocycles. The van der Waals surface area contributed by atoms with Crippen LogP contribution in [0.25, 0.3) is 0 Å². The van der Waals surface area contributed by atoms with Crippen LogP contribution in [0, 0.1) is 0 Å². The monoisotopic (exact) mass is 569 g/mol. The Morgan fingerprint density at radius 1 is 1.29 bits per heavy atom. The lowest BCUT2D eigenvalue weighted by atomic mass is 10.1. The zero-order valence-corrected chi connectivity index (χ0v) is 20.6. The van der Waals surface area contributed by atoms with Gasteiger partial charge in [-0.3, -0.25) is 4.99 Å². The van der Waals surface area contributed by atoms with Gasteiger partial charge in [-0.25, -0.2) is 0 Å². The molecule has 0 amide bonds. The highest BCUT2D eigenvalue weighted by Crippen LogP contribution is 2.18. The number of piperidine rings is 1. The molecule has 2 aliphatic heterocycles. The van der Waals surface area contributed by atoms with E-state index in [-0.39, 0.29) is 24.0 Å². The number of halogens is 2. The third-order valence-electron chi connectivity index (χ3n) is 5.12. The zero-order chi connectivity index (χ0) is 18.9. The predicted molar refractivity (Wildman–Crippen MR) is 126 cm³/mol. The maximum absolute atomic E-state index is 6.12. The molecule has 2 aliphatic rings. The summed E-state index contributed by atoms with van der Waals surface area (Å²) < 4.78 is 18.2. The topological polar surface area (TPSA) is 59.2 Å². The number of guanidine groups is 1. The Morgan fingerprint density at radius 2 is 2.11 bits per heavy atom. The lowest BCUT2D eigenvalue weighted by molar-refractivity contribution is -0.0721. The summed E-state index contributed by atoms with van der Waals surface area (Å²) in [6.07, 6.45) is 7.14. The number of nitrogens with zero attached hydrogens (tertiary/aromatic N) is 2. The first kappa shape index (κ1) is 24.0. The van der Waals surface area contributed by atoms with Crippen molar-refractivity contribution in [3.8, 4) is 0 Å². The van der Waals surface area contributed by atoms with Crippen LogP contribution in [-0.2, 0) is 15.9 Å². The Hall–Kier alpha value is -0.320. The minimum atomic E-state index is 0. The number of hydrogen-bond donors (Lipinski definition) is 1. The molecule has 1 aromatic rings. The van der Waals surface area contributed by atoms with Crippen molar-refractivity contribution >= 4 is 45.9 Å². The summed E-state index contributed by atoms with van der Waals surface area (Å²) in [6, 6.07) is 3.92. The summed E-state index contributed by atoms with van der Waals surface area (Å²) >= 11 is 3.34. The maximum Gasteiger partial charge on any atom is 0.193 e. The fourth-order valence-electron chi connectivity index (χ4n) is 3.60. The SMILES string of the molecule is CCNC(=NCCc1ccc(Br)o1)N1CCC(OCC2CCCCO2)CC1.I. The van der Waals surface area contributed by atoms with Crippen molar-refractivity contribution in [2.75, 3.05) is 39.4 Å². The first-order chi connectivity index (χ1) is 13.2. The quantitative estimate of drug-likeness (QED) is 0.303. The summed E-state index contributed by atoms with van der Waals surface area (Å²) in [6.45, 7) is 7.31. The van der Waals surface area contributed by atoms with Crippen LogP contribution in [0.5, 0.6) is 0 Å². The molecule has 1 atom stereocenters. The van der Waals surface area contributed by atoms with Gasteiger partial charge in [0.05, 0.1) is 18.8 Å². The molecular weight excluding hydrogens is 537 g/mol. The van der Waals surface area contributed by atoms with E-state index in [9.17, 15) is 0 Å². The van der Waals surface area contributed by atoms with Crippen molar-refractivity contribution in [2.24, 2.45) is 4.99 Å². The molecule has 3 heterocycles. The fourth-order valence-corrected chi connectivity index (χ4v) is 3.94. The predicted octanol–water partition coefficient (Wildman–Crippen LogP) is 4.22. The highest BCUT2D eigenvalue weighted by molar-refractivity contribution is 14.0. The van der Waals surface area contributed by atoms with Crippen molar-refractivity contribution in [2.45, 2.75) is 57.7 Å². The van der Waals surface area contributed by atoms with Gasteiger partial charge in [-0.15, -0.1) is 24.0 Å². The molecule has 28 heavy (non-hydrogen) atoms. The average molecular weight is 570 g/mol. The van der Waals surface area contributed by atoms with Crippen molar-refractivity contribution in [1.29, 1.82) is 0 Å². The van der Waals surface area contributed by atoms with E-state index in [4.69, 9.17) is 18.9 Å². The van der Waals surface area contributed by atoms with Gasteiger partial charge in [-0.1, -0.05) is 0 Å². The smallest absolute Gasteiger partial charge is 0.193 e. The number of rotatable bonds is 7. The standard InChI is InChI=1S/C20H32BrN3O3.HI/c1-2-22-20(23-11-8-17-6-7-19(21)27-17)24-12-9-16(10-13-24)26-15-18-5-3-4-14-25-18;/h6-7,16,18H,2-5,8-15H2,1H3,(H,22,23);1H. The van der Waals surface area contributed by atoms with E-state index in [2.05, 4.69) is 33.1 Å². The molecule has 6 nitrogen and oxygen atoms in total. The van der Waals surface area contributed by atoms with Crippen LogP contribution in [0.4, 0.5) is 0 Å². The van der Waals surface area contributed by atoms with Gasteiger partial charge in [-0.05, 0) is 67.1 Å². The summed E-state index contributed by atoms with van der Waals surface area (Å²) in [7, 11) is 0. The third kappa shape index (κ3) is 7.84. The van der Waals surface area contributed by atoms with E-state index in [0.29, 0.717) is 12.2 Å². The molecule has 0 saturated carbocycles. The molecule has 0 radical (unpaired) electrons. The summed E-state index contributed by atoms with van der Waals surface area (Å²) in [5, 5.41) is 3.42. The van der Waals surface area contributed by atoms with E-state index in [1.54, 1.807) is 0 Å². The molecule has 0 spiro atoms. The molecule has 2 fully saturated rings. The Balaban J connectivity index is 0.00000280. The molecule has 1 N–H and O–H groups in total. The lowest BCUT2D eigenvalue weighted by Gasteiger charge is -2.35. The first-order valence-corrected chi connectivity index (χ1v) is 11.0. The van der Waals surface area contributed by atoms with Gasteiger partial charge in [-0.2, -0.15) is 0 Å².